The lowest BCUT2D eigenvalue weighted by Crippen LogP contribution is -2.39. The van der Waals surface area contributed by atoms with Crippen LogP contribution in [0.4, 0.5) is 0 Å². The molecule has 1 atom stereocenters. The third-order valence-corrected chi connectivity index (χ3v) is 7.89. The molecule has 5 rings (SSSR count). The summed E-state index contributed by atoms with van der Waals surface area (Å²) in [5, 5.41) is 0.380. The number of rotatable bonds is 9. The van der Waals surface area contributed by atoms with Crippen molar-refractivity contribution in [3.05, 3.63) is 102 Å². The Labute approximate surface area is 255 Å². The number of nitrogens with zero attached hydrogens (tertiary/aromatic N) is 2. The number of carbonyl (C=O) groups is 2. The number of esters is 2. The minimum Gasteiger partial charge on any atom is -0.490 e. The van der Waals surface area contributed by atoms with Crippen molar-refractivity contribution in [2.75, 3.05) is 27.4 Å². The number of benzene rings is 2. The van der Waals surface area contributed by atoms with Gasteiger partial charge in [-0.15, -0.1) is 0 Å². The van der Waals surface area contributed by atoms with Crippen LogP contribution in [0.1, 0.15) is 41.6 Å². The highest BCUT2D eigenvalue weighted by atomic mass is 35.5. The lowest BCUT2D eigenvalue weighted by molar-refractivity contribution is -0.136. The first-order valence-electron chi connectivity index (χ1n) is 13.3. The second-order valence-corrected chi connectivity index (χ2v) is 10.6. The van der Waals surface area contributed by atoms with E-state index in [4.69, 9.17) is 35.0 Å². The molecule has 0 fully saturated rings. The van der Waals surface area contributed by atoms with Gasteiger partial charge in [0.1, 0.15) is 11.5 Å². The summed E-state index contributed by atoms with van der Waals surface area (Å²) in [7, 11) is 2.57. The first kappa shape index (κ1) is 29.9. The second kappa shape index (κ2) is 12.7. The van der Waals surface area contributed by atoms with Gasteiger partial charge >= 0.3 is 11.9 Å². The Bertz CT molecular complexity index is 1920. The molecule has 3 heterocycles. The normalized spacial score (nSPS) is 14.4. The molecule has 0 bridgehead atoms. The van der Waals surface area contributed by atoms with Crippen LogP contribution in [0.25, 0.3) is 17.4 Å². The number of hydrogen-bond acceptors (Lipinski definition) is 10. The SMILES string of the molecule is CCOc1ccc([C@H]2C(C(=O)OC)=CN=c3s/c(=C\c4ccc(-c5cc(C(=O)OC)ccc5Cl)o4)c(=O)n32)cc1OCC. The van der Waals surface area contributed by atoms with Gasteiger partial charge in [0.2, 0.25) is 0 Å². The third-order valence-electron chi connectivity index (χ3n) is 6.56. The Balaban J connectivity index is 1.59. The number of carbonyl (C=O) groups excluding carboxylic acids is 2. The first-order chi connectivity index (χ1) is 20.8. The van der Waals surface area contributed by atoms with Crippen molar-refractivity contribution in [1.82, 2.24) is 4.57 Å². The monoisotopic (exact) mass is 622 g/mol. The fourth-order valence-electron chi connectivity index (χ4n) is 4.65. The summed E-state index contributed by atoms with van der Waals surface area (Å²) in [6, 6.07) is 12.6. The van der Waals surface area contributed by atoms with Crippen LogP contribution in [0.2, 0.25) is 5.02 Å². The van der Waals surface area contributed by atoms with E-state index < -0.39 is 18.0 Å². The summed E-state index contributed by atoms with van der Waals surface area (Å²) in [5.74, 6) is 0.698. The van der Waals surface area contributed by atoms with Crippen molar-refractivity contribution in [1.29, 1.82) is 0 Å². The molecular formula is C31H27ClN2O8S. The zero-order chi connectivity index (χ0) is 30.7. The standard InChI is InChI=1S/C31H27ClN2O8S/c1-5-40-24-11-8-17(14-25(24)41-6-2)27-21(30(37)39-4)16-33-31-34(27)28(35)26(43-31)15-19-9-12-23(42-19)20-13-18(29(36)38-3)7-10-22(20)32/h7-16,27H,5-6H2,1-4H3/b26-15-/t27-/m0/s1. The Kier molecular flexibility index (Phi) is 8.84. The topological polar surface area (TPSA) is 119 Å². The first-order valence-corrected chi connectivity index (χ1v) is 14.5. The molecule has 0 amide bonds. The van der Waals surface area contributed by atoms with Crippen LogP contribution >= 0.6 is 22.9 Å². The van der Waals surface area contributed by atoms with Gasteiger partial charge in [0.25, 0.3) is 5.56 Å². The molecular weight excluding hydrogens is 596 g/mol. The maximum Gasteiger partial charge on any atom is 0.337 e. The molecule has 1 aliphatic rings. The predicted molar refractivity (Wildman–Crippen MR) is 160 cm³/mol. The lowest BCUT2D eigenvalue weighted by Gasteiger charge is -2.23. The van der Waals surface area contributed by atoms with Crippen molar-refractivity contribution >= 4 is 41.0 Å². The molecule has 0 radical (unpaired) electrons. The molecule has 0 N–H and O–H groups in total. The van der Waals surface area contributed by atoms with E-state index in [1.807, 2.05) is 13.8 Å². The molecule has 1 aliphatic heterocycles. The van der Waals surface area contributed by atoms with Gasteiger partial charge in [0.15, 0.2) is 16.3 Å². The molecule has 0 spiro atoms. The average molecular weight is 623 g/mol. The number of ether oxygens (including phenoxy) is 4. The molecule has 0 aliphatic carbocycles. The molecule has 0 saturated carbocycles. The smallest absolute Gasteiger partial charge is 0.337 e. The number of thiazole rings is 1. The number of halogens is 1. The van der Waals surface area contributed by atoms with E-state index in [0.717, 1.165) is 11.3 Å². The van der Waals surface area contributed by atoms with Gasteiger partial charge in [-0.05, 0) is 61.9 Å². The molecule has 43 heavy (non-hydrogen) atoms. The van der Waals surface area contributed by atoms with Crippen LogP contribution in [-0.4, -0.2) is 43.9 Å². The summed E-state index contributed by atoms with van der Waals surface area (Å²) in [4.78, 5) is 43.5. The molecule has 222 valence electrons. The number of fused-ring (bicyclic) bond motifs is 1. The Morgan fingerprint density at radius 3 is 2.47 bits per heavy atom. The van der Waals surface area contributed by atoms with Gasteiger partial charge in [0.05, 0.1) is 54.2 Å². The van der Waals surface area contributed by atoms with Crippen molar-refractivity contribution in [3.63, 3.8) is 0 Å². The largest absolute Gasteiger partial charge is 0.490 e. The summed E-state index contributed by atoms with van der Waals surface area (Å²) in [6.07, 6.45) is 3.01. The number of methoxy groups -OCH3 is 2. The zero-order valence-corrected chi connectivity index (χ0v) is 25.3. The van der Waals surface area contributed by atoms with E-state index in [1.165, 1.54) is 25.0 Å². The molecule has 10 nitrogen and oxygen atoms in total. The van der Waals surface area contributed by atoms with E-state index in [9.17, 15) is 14.4 Å². The Morgan fingerprint density at radius 2 is 1.74 bits per heavy atom. The van der Waals surface area contributed by atoms with Gasteiger partial charge in [-0.1, -0.05) is 29.0 Å². The van der Waals surface area contributed by atoms with Crippen LogP contribution in [0.5, 0.6) is 11.5 Å². The summed E-state index contributed by atoms with van der Waals surface area (Å²) >= 11 is 7.53. The van der Waals surface area contributed by atoms with Crippen LogP contribution in [0.3, 0.4) is 0 Å². The van der Waals surface area contributed by atoms with Crippen molar-refractivity contribution < 1.29 is 33.0 Å². The number of hydrogen-bond donors (Lipinski definition) is 0. The average Bonchev–Trinajstić information content (AvgIpc) is 3.61. The van der Waals surface area contributed by atoms with Gasteiger partial charge in [-0.2, -0.15) is 0 Å². The van der Waals surface area contributed by atoms with Gasteiger partial charge in [-0.25, -0.2) is 14.6 Å². The van der Waals surface area contributed by atoms with Gasteiger partial charge in [0, 0.05) is 17.8 Å². The lowest BCUT2D eigenvalue weighted by atomic mass is 9.97. The van der Waals surface area contributed by atoms with E-state index in [2.05, 4.69) is 4.99 Å². The highest BCUT2D eigenvalue weighted by Gasteiger charge is 2.31. The third kappa shape index (κ3) is 5.86. The molecule has 0 unspecified atom stereocenters. The van der Waals surface area contributed by atoms with Gasteiger partial charge in [-0.3, -0.25) is 9.36 Å². The Morgan fingerprint density at radius 1 is 1.00 bits per heavy atom. The number of furan rings is 1. The van der Waals surface area contributed by atoms with Crippen LogP contribution < -0.4 is 24.4 Å². The van der Waals surface area contributed by atoms with Crippen molar-refractivity contribution in [2.45, 2.75) is 19.9 Å². The maximum atomic E-state index is 13.9. The molecule has 2 aromatic carbocycles. The van der Waals surface area contributed by atoms with E-state index in [0.29, 0.717) is 67.3 Å². The Hall–Kier alpha value is -4.61. The summed E-state index contributed by atoms with van der Waals surface area (Å²) in [5.41, 5.74) is 1.24. The summed E-state index contributed by atoms with van der Waals surface area (Å²) < 4.78 is 29.1. The highest BCUT2D eigenvalue weighted by molar-refractivity contribution is 7.07. The molecule has 0 saturated heterocycles. The zero-order valence-electron chi connectivity index (χ0n) is 23.7. The minimum atomic E-state index is -0.826. The number of aromatic nitrogens is 1. The molecule has 4 aromatic rings. The second-order valence-electron chi connectivity index (χ2n) is 9.14. The van der Waals surface area contributed by atoms with E-state index >= 15 is 0 Å². The fraction of sp³-hybridized carbons (Fsp3) is 0.226. The highest BCUT2D eigenvalue weighted by Crippen LogP contribution is 2.35. The van der Waals surface area contributed by atoms with E-state index in [-0.39, 0.29) is 11.1 Å². The predicted octanol–water partition coefficient (Wildman–Crippen LogP) is 4.52. The van der Waals surface area contributed by atoms with Crippen molar-refractivity contribution in [2.24, 2.45) is 4.99 Å². The maximum absolute atomic E-state index is 13.9. The van der Waals surface area contributed by atoms with Crippen molar-refractivity contribution in [3.8, 4) is 22.8 Å². The van der Waals surface area contributed by atoms with Crippen LogP contribution in [-0.2, 0) is 14.3 Å². The van der Waals surface area contributed by atoms with Gasteiger partial charge < -0.3 is 23.4 Å². The quantitative estimate of drug-likeness (QED) is 0.250. The summed E-state index contributed by atoms with van der Waals surface area (Å²) in [6.45, 7) is 4.57. The fourth-order valence-corrected chi connectivity index (χ4v) is 5.81. The van der Waals surface area contributed by atoms with E-state index in [1.54, 1.807) is 54.6 Å². The minimum absolute atomic E-state index is 0.188. The molecule has 2 aromatic heterocycles. The van der Waals surface area contributed by atoms with Crippen LogP contribution in [0.15, 0.2) is 74.5 Å². The molecule has 12 heteroatoms. The van der Waals surface area contributed by atoms with Crippen LogP contribution in [0, 0.1) is 0 Å².